The van der Waals surface area contributed by atoms with Crippen molar-refractivity contribution in [2.75, 3.05) is 40.0 Å². The molecule has 0 bridgehead atoms. The second-order valence-corrected chi connectivity index (χ2v) is 6.52. The van der Waals surface area contributed by atoms with Gasteiger partial charge >= 0.3 is 0 Å². The van der Waals surface area contributed by atoms with Gasteiger partial charge in [0.2, 0.25) is 0 Å². The van der Waals surface area contributed by atoms with E-state index in [9.17, 15) is 9.18 Å². The highest BCUT2D eigenvalue weighted by Crippen LogP contribution is 2.22. The summed E-state index contributed by atoms with van der Waals surface area (Å²) in [4.78, 5) is 15.0. The van der Waals surface area contributed by atoms with E-state index in [1.54, 1.807) is 19.2 Å². The number of hydrogen-bond donors (Lipinski definition) is 1. The van der Waals surface area contributed by atoms with Crippen LogP contribution in [-0.4, -0.2) is 50.8 Å². The molecule has 0 radical (unpaired) electrons. The zero-order valence-corrected chi connectivity index (χ0v) is 15.5. The first kappa shape index (κ1) is 19.5. The van der Waals surface area contributed by atoms with Gasteiger partial charge in [0, 0.05) is 32.3 Å². The molecule has 0 spiro atoms. The topological polar surface area (TPSA) is 50.8 Å². The Kier molecular flexibility index (Phi) is 6.92. The Balaban J connectivity index is 1.75. The van der Waals surface area contributed by atoms with E-state index < -0.39 is 0 Å². The third-order valence-electron chi connectivity index (χ3n) is 4.74. The fourth-order valence-corrected chi connectivity index (χ4v) is 3.37. The first-order chi connectivity index (χ1) is 13.2. The van der Waals surface area contributed by atoms with Gasteiger partial charge in [0.25, 0.3) is 5.91 Å². The molecule has 0 aromatic heterocycles. The lowest BCUT2D eigenvalue weighted by molar-refractivity contribution is 0.0161. The van der Waals surface area contributed by atoms with Crippen LogP contribution in [0.2, 0.25) is 0 Å². The molecule has 1 atom stereocenters. The summed E-state index contributed by atoms with van der Waals surface area (Å²) in [5.41, 5.74) is 2.29. The van der Waals surface area contributed by atoms with Crippen molar-refractivity contribution >= 4 is 5.91 Å². The van der Waals surface area contributed by atoms with Gasteiger partial charge in [0.1, 0.15) is 5.82 Å². The summed E-state index contributed by atoms with van der Waals surface area (Å²) >= 11 is 0. The summed E-state index contributed by atoms with van der Waals surface area (Å²) in [5, 5.41) is 3.01. The maximum absolute atomic E-state index is 13.8. The maximum atomic E-state index is 13.8. The van der Waals surface area contributed by atoms with Crippen molar-refractivity contribution in [2.24, 2.45) is 0 Å². The number of nitrogens with zero attached hydrogens (tertiary/aromatic N) is 1. The average molecular weight is 372 g/mol. The van der Waals surface area contributed by atoms with Crippen molar-refractivity contribution in [1.82, 2.24) is 10.2 Å². The minimum atomic E-state index is -0.275. The summed E-state index contributed by atoms with van der Waals surface area (Å²) in [6.07, 6.45) is 0. The number of carbonyl (C=O) groups is 1. The molecule has 5 nitrogen and oxygen atoms in total. The van der Waals surface area contributed by atoms with Crippen LogP contribution in [0.25, 0.3) is 0 Å². The fourth-order valence-electron chi connectivity index (χ4n) is 3.37. The van der Waals surface area contributed by atoms with Crippen LogP contribution in [0.4, 0.5) is 4.39 Å². The SMILES string of the molecule is COCc1ccccc1C(=O)NC[C@@H](c1cccc(F)c1)N1CCOCC1. The van der Waals surface area contributed by atoms with Gasteiger partial charge in [-0.3, -0.25) is 9.69 Å². The van der Waals surface area contributed by atoms with Crippen LogP contribution in [0, 0.1) is 5.82 Å². The normalized spacial score (nSPS) is 16.1. The molecule has 144 valence electrons. The number of hydrogen-bond acceptors (Lipinski definition) is 4. The molecular formula is C21H25FN2O3. The second kappa shape index (κ2) is 9.60. The van der Waals surface area contributed by atoms with Gasteiger partial charge in [0.15, 0.2) is 0 Å². The van der Waals surface area contributed by atoms with Crippen molar-refractivity contribution in [2.45, 2.75) is 12.6 Å². The number of carbonyl (C=O) groups excluding carboxylic acids is 1. The Morgan fingerprint density at radius 3 is 2.74 bits per heavy atom. The van der Waals surface area contributed by atoms with E-state index in [-0.39, 0.29) is 17.8 Å². The van der Waals surface area contributed by atoms with Gasteiger partial charge < -0.3 is 14.8 Å². The van der Waals surface area contributed by atoms with E-state index in [1.165, 1.54) is 12.1 Å². The highest BCUT2D eigenvalue weighted by atomic mass is 19.1. The minimum absolute atomic E-state index is 0.108. The monoisotopic (exact) mass is 372 g/mol. The standard InChI is InChI=1S/C21H25FN2O3/c1-26-15-17-5-2-3-8-19(17)21(25)23-14-20(24-9-11-27-12-10-24)16-6-4-7-18(22)13-16/h2-8,13,20H,9-12,14-15H2,1H3,(H,23,25)/t20-/m0/s1. The van der Waals surface area contributed by atoms with Crippen molar-refractivity contribution < 1.29 is 18.7 Å². The van der Waals surface area contributed by atoms with Gasteiger partial charge in [-0.2, -0.15) is 0 Å². The van der Waals surface area contributed by atoms with Crippen LogP contribution in [0.3, 0.4) is 0 Å². The molecule has 0 saturated carbocycles. The number of benzene rings is 2. The van der Waals surface area contributed by atoms with E-state index >= 15 is 0 Å². The molecule has 0 aliphatic carbocycles. The number of halogens is 1. The molecule has 3 rings (SSSR count). The Morgan fingerprint density at radius 2 is 2.00 bits per heavy atom. The smallest absolute Gasteiger partial charge is 0.251 e. The van der Waals surface area contributed by atoms with Crippen LogP contribution < -0.4 is 5.32 Å². The van der Waals surface area contributed by atoms with E-state index in [0.717, 1.165) is 24.2 Å². The van der Waals surface area contributed by atoms with Crippen LogP contribution in [0.1, 0.15) is 27.5 Å². The van der Waals surface area contributed by atoms with Crippen LogP contribution in [0.15, 0.2) is 48.5 Å². The Labute approximate surface area is 159 Å². The van der Waals surface area contributed by atoms with E-state index in [0.29, 0.717) is 31.9 Å². The van der Waals surface area contributed by atoms with Crippen LogP contribution in [-0.2, 0) is 16.1 Å². The number of morpholine rings is 1. The van der Waals surface area contributed by atoms with Crippen molar-refractivity contribution in [3.8, 4) is 0 Å². The van der Waals surface area contributed by atoms with Gasteiger partial charge in [-0.15, -0.1) is 0 Å². The third-order valence-corrected chi connectivity index (χ3v) is 4.74. The maximum Gasteiger partial charge on any atom is 0.251 e. The molecule has 1 saturated heterocycles. The van der Waals surface area contributed by atoms with Crippen molar-refractivity contribution in [3.05, 3.63) is 71.0 Å². The van der Waals surface area contributed by atoms with Crippen molar-refractivity contribution in [3.63, 3.8) is 0 Å². The van der Waals surface area contributed by atoms with Gasteiger partial charge in [0.05, 0.1) is 25.9 Å². The summed E-state index contributed by atoms with van der Waals surface area (Å²) in [5.74, 6) is -0.431. The Bertz CT molecular complexity index is 763. The number of amides is 1. The zero-order chi connectivity index (χ0) is 19.1. The number of rotatable bonds is 7. The summed E-state index contributed by atoms with van der Waals surface area (Å²) in [7, 11) is 1.60. The molecule has 1 aliphatic heterocycles. The summed E-state index contributed by atoms with van der Waals surface area (Å²) < 4.78 is 24.4. The number of methoxy groups -OCH3 is 1. The third kappa shape index (κ3) is 5.13. The van der Waals surface area contributed by atoms with Gasteiger partial charge in [-0.1, -0.05) is 30.3 Å². The molecule has 6 heteroatoms. The lowest BCUT2D eigenvalue weighted by Crippen LogP contribution is -2.44. The molecule has 2 aromatic rings. The molecule has 0 unspecified atom stereocenters. The molecule has 1 aliphatic rings. The molecule has 2 aromatic carbocycles. The van der Waals surface area contributed by atoms with E-state index in [1.807, 2.05) is 24.3 Å². The van der Waals surface area contributed by atoms with E-state index in [4.69, 9.17) is 9.47 Å². The first-order valence-corrected chi connectivity index (χ1v) is 9.11. The van der Waals surface area contributed by atoms with Gasteiger partial charge in [-0.25, -0.2) is 4.39 Å². The molecule has 1 amide bonds. The molecule has 27 heavy (non-hydrogen) atoms. The Morgan fingerprint density at radius 1 is 1.22 bits per heavy atom. The summed E-state index contributed by atoms with van der Waals surface area (Å²) in [6.45, 7) is 3.53. The fraction of sp³-hybridized carbons (Fsp3) is 0.381. The zero-order valence-electron chi connectivity index (χ0n) is 15.5. The minimum Gasteiger partial charge on any atom is -0.380 e. The predicted molar refractivity (Wildman–Crippen MR) is 101 cm³/mol. The lowest BCUT2D eigenvalue weighted by atomic mass is 10.0. The largest absolute Gasteiger partial charge is 0.380 e. The highest BCUT2D eigenvalue weighted by Gasteiger charge is 2.24. The van der Waals surface area contributed by atoms with Crippen LogP contribution >= 0.6 is 0 Å². The Hall–Kier alpha value is -2.28. The molecule has 1 N–H and O–H groups in total. The van der Waals surface area contributed by atoms with Gasteiger partial charge in [-0.05, 0) is 29.3 Å². The van der Waals surface area contributed by atoms with Crippen molar-refractivity contribution in [1.29, 1.82) is 0 Å². The second-order valence-electron chi connectivity index (χ2n) is 6.52. The summed E-state index contributed by atoms with van der Waals surface area (Å²) in [6, 6.07) is 13.8. The predicted octanol–water partition coefficient (Wildman–Crippen LogP) is 2.78. The number of nitrogens with one attached hydrogen (secondary N) is 1. The number of ether oxygens (including phenoxy) is 2. The molecule has 1 heterocycles. The average Bonchev–Trinajstić information content (AvgIpc) is 2.69. The molecule has 1 fully saturated rings. The van der Waals surface area contributed by atoms with E-state index in [2.05, 4.69) is 10.2 Å². The lowest BCUT2D eigenvalue weighted by Gasteiger charge is -2.35. The highest BCUT2D eigenvalue weighted by molar-refractivity contribution is 5.95. The van der Waals surface area contributed by atoms with Crippen LogP contribution in [0.5, 0.6) is 0 Å². The quantitative estimate of drug-likeness (QED) is 0.812. The molecular weight excluding hydrogens is 347 g/mol. The first-order valence-electron chi connectivity index (χ1n) is 9.11.